The van der Waals surface area contributed by atoms with Crippen molar-refractivity contribution in [1.82, 2.24) is 0 Å². The fourth-order valence-electron chi connectivity index (χ4n) is 0.700. The number of allylic oxidation sites excluding steroid dienone is 3. The van der Waals surface area contributed by atoms with Crippen LogP contribution in [0.15, 0.2) is 21.4 Å². The minimum atomic E-state index is 0.841. The summed E-state index contributed by atoms with van der Waals surface area (Å²) in [7, 11) is 0. The molecule has 0 unspecified atom stereocenters. The van der Waals surface area contributed by atoms with E-state index < -0.39 is 0 Å². The summed E-state index contributed by atoms with van der Waals surface area (Å²) in [6.45, 7) is 4.30. The maximum atomic E-state index is 5.44. The van der Waals surface area contributed by atoms with Crippen LogP contribution in [-0.2, 0) is 0 Å². The summed E-state index contributed by atoms with van der Waals surface area (Å²) >= 11 is 2.10. The molecule has 2 N–H and O–H groups in total. The second kappa shape index (κ2) is 5.77. The first kappa shape index (κ1) is 10.0. The predicted molar refractivity (Wildman–Crippen MR) is 55.0 cm³/mol. The molecule has 0 aliphatic heterocycles. The van der Waals surface area contributed by atoms with Gasteiger partial charge in [-0.2, -0.15) is 0 Å². The molecular weight excluding hydrogens is 237 g/mol. The van der Waals surface area contributed by atoms with Crippen LogP contribution in [-0.4, -0.2) is 0 Å². The Labute approximate surface area is 76.5 Å². The van der Waals surface area contributed by atoms with Crippen LogP contribution < -0.4 is 5.73 Å². The van der Waals surface area contributed by atoms with Crippen molar-refractivity contribution < 1.29 is 0 Å². The number of rotatable bonds is 3. The minimum Gasteiger partial charge on any atom is -0.394 e. The smallest absolute Gasteiger partial charge is 0.0705 e. The lowest BCUT2D eigenvalue weighted by atomic mass is 10.2. The van der Waals surface area contributed by atoms with Crippen LogP contribution in [0.4, 0.5) is 0 Å². The summed E-state index contributed by atoms with van der Waals surface area (Å²) in [5.74, 6) is 0. The highest BCUT2D eigenvalue weighted by atomic mass is 127. The van der Waals surface area contributed by atoms with Crippen LogP contribution in [0, 0.1) is 0 Å². The van der Waals surface area contributed by atoms with E-state index in [2.05, 4.69) is 42.5 Å². The highest BCUT2D eigenvalue weighted by Crippen LogP contribution is 2.04. The molecule has 0 amide bonds. The van der Waals surface area contributed by atoms with E-state index in [1.165, 1.54) is 18.4 Å². The largest absolute Gasteiger partial charge is 0.394 e. The number of halogens is 1. The highest BCUT2D eigenvalue weighted by Gasteiger charge is 1.83. The van der Waals surface area contributed by atoms with Gasteiger partial charge >= 0.3 is 0 Å². The molecule has 0 radical (unpaired) electrons. The van der Waals surface area contributed by atoms with Gasteiger partial charge in [0, 0.05) is 0 Å². The van der Waals surface area contributed by atoms with E-state index in [0.717, 1.165) is 3.70 Å². The van der Waals surface area contributed by atoms with Crippen molar-refractivity contribution in [1.29, 1.82) is 0 Å². The van der Waals surface area contributed by atoms with E-state index in [0.29, 0.717) is 0 Å². The van der Waals surface area contributed by atoms with Crippen LogP contribution >= 0.6 is 22.6 Å². The number of nitrogens with two attached hydrogens (primary N) is 1. The van der Waals surface area contributed by atoms with Gasteiger partial charge in [-0.05, 0) is 42.0 Å². The summed E-state index contributed by atoms with van der Waals surface area (Å²) in [5.41, 5.74) is 6.83. The molecule has 10 heavy (non-hydrogen) atoms. The van der Waals surface area contributed by atoms with Crippen molar-refractivity contribution in [3.8, 4) is 0 Å². The zero-order valence-corrected chi connectivity index (χ0v) is 8.68. The van der Waals surface area contributed by atoms with Gasteiger partial charge in [-0.15, -0.1) is 0 Å². The second-order valence-electron chi connectivity index (χ2n) is 2.31. The summed E-state index contributed by atoms with van der Waals surface area (Å²) in [4.78, 5) is 0. The Hall–Kier alpha value is 0.0100. The second-order valence-corrected chi connectivity index (χ2v) is 3.56. The average molecular weight is 251 g/mol. The Kier molecular flexibility index (Phi) is 5.78. The van der Waals surface area contributed by atoms with Crippen molar-refractivity contribution in [2.45, 2.75) is 26.7 Å². The molecule has 0 saturated carbocycles. The Morgan fingerprint density at radius 3 is 2.50 bits per heavy atom. The minimum absolute atomic E-state index is 0.841. The molecule has 58 valence electrons. The van der Waals surface area contributed by atoms with Gasteiger partial charge in [0.05, 0.1) is 3.70 Å². The van der Waals surface area contributed by atoms with Crippen molar-refractivity contribution in [3.05, 3.63) is 21.4 Å². The fourth-order valence-corrected chi connectivity index (χ4v) is 0.879. The standard InChI is InChI=1S/C8H14IN/c1-3-4-7(2)5-6-8(9)10/h5-6H,3-4,10H2,1-2H3/b7-5-,8-6-. The molecule has 0 saturated heterocycles. The number of hydrogen-bond donors (Lipinski definition) is 1. The van der Waals surface area contributed by atoms with Gasteiger partial charge in [0.1, 0.15) is 0 Å². The van der Waals surface area contributed by atoms with E-state index in [1.54, 1.807) is 0 Å². The van der Waals surface area contributed by atoms with E-state index in [4.69, 9.17) is 5.73 Å². The molecule has 0 spiro atoms. The van der Waals surface area contributed by atoms with Crippen LogP contribution in [0.3, 0.4) is 0 Å². The Bertz CT molecular complexity index is 143. The summed E-state index contributed by atoms with van der Waals surface area (Å²) in [5, 5.41) is 0. The molecule has 0 aliphatic carbocycles. The van der Waals surface area contributed by atoms with Crippen molar-refractivity contribution in [2.24, 2.45) is 5.73 Å². The van der Waals surface area contributed by atoms with E-state index in [1.807, 2.05) is 6.08 Å². The van der Waals surface area contributed by atoms with Crippen molar-refractivity contribution in [2.75, 3.05) is 0 Å². The van der Waals surface area contributed by atoms with E-state index >= 15 is 0 Å². The normalized spacial score (nSPS) is 13.9. The molecule has 0 heterocycles. The van der Waals surface area contributed by atoms with Crippen molar-refractivity contribution >= 4 is 22.6 Å². The lowest BCUT2D eigenvalue weighted by Crippen LogP contribution is -1.84. The molecule has 0 aromatic carbocycles. The third-order valence-corrected chi connectivity index (χ3v) is 1.53. The van der Waals surface area contributed by atoms with Crippen LogP contribution in [0.1, 0.15) is 26.7 Å². The summed E-state index contributed by atoms with van der Waals surface area (Å²) < 4.78 is 0.841. The maximum absolute atomic E-state index is 5.44. The quantitative estimate of drug-likeness (QED) is 0.465. The maximum Gasteiger partial charge on any atom is 0.0705 e. The van der Waals surface area contributed by atoms with E-state index in [9.17, 15) is 0 Å². The van der Waals surface area contributed by atoms with Gasteiger partial charge in [0.2, 0.25) is 0 Å². The van der Waals surface area contributed by atoms with Gasteiger partial charge in [0.15, 0.2) is 0 Å². The highest BCUT2D eigenvalue weighted by molar-refractivity contribution is 14.1. The molecule has 2 heteroatoms. The van der Waals surface area contributed by atoms with Gasteiger partial charge in [0.25, 0.3) is 0 Å². The summed E-state index contributed by atoms with van der Waals surface area (Å²) in [6.07, 6.45) is 6.38. The third-order valence-electron chi connectivity index (χ3n) is 1.17. The summed E-state index contributed by atoms with van der Waals surface area (Å²) in [6, 6.07) is 0. The molecule has 0 bridgehead atoms. The van der Waals surface area contributed by atoms with Gasteiger partial charge in [-0.25, -0.2) is 0 Å². The first-order valence-corrected chi connectivity index (χ1v) is 4.53. The Morgan fingerprint density at radius 1 is 1.50 bits per heavy atom. The van der Waals surface area contributed by atoms with Gasteiger partial charge in [-0.3, -0.25) is 0 Å². The van der Waals surface area contributed by atoms with Crippen molar-refractivity contribution in [3.63, 3.8) is 0 Å². The van der Waals surface area contributed by atoms with E-state index in [-0.39, 0.29) is 0 Å². The van der Waals surface area contributed by atoms with Crippen LogP contribution in [0.25, 0.3) is 0 Å². The predicted octanol–water partition coefficient (Wildman–Crippen LogP) is 2.97. The molecule has 0 fully saturated rings. The van der Waals surface area contributed by atoms with Crippen LogP contribution in [0.2, 0.25) is 0 Å². The lowest BCUT2D eigenvalue weighted by molar-refractivity contribution is 0.905. The topological polar surface area (TPSA) is 26.0 Å². The average Bonchev–Trinajstić information content (AvgIpc) is 1.85. The zero-order chi connectivity index (χ0) is 7.98. The number of hydrogen-bond acceptors (Lipinski definition) is 1. The Balaban J connectivity index is 3.79. The van der Waals surface area contributed by atoms with Crippen LogP contribution in [0.5, 0.6) is 0 Å². The van der Waals surface area contributed by atoms with Gasteiger partial charge in [-0.1, -0.05) is 25.0 Å². The fraction of sp³-hybridized carbons (Fsp3) is 0.500. The molecule has 1 nitrogen and oxygen atoms in total. The zero-order valence-electron chi connectivity index (χ0n) is 6.52. The molecule has 0 aromatic heterocycles. The molecule has 0 aliphatic rings. The molecular formula is C8H14IN. The first-order chi connectivity index (χ1) is 4.66. The Morgan fingerprint density at radius 2 is 2.10 bits per heavy atom. The first-order valence-electron chi connectivity index (χ1n) is 3.45. The lowest BCUT2D eigenvalue weighted by Gasteiger charge is -1.93. The monoisotopic (exact) mass is 251 g/mol. The molecule has 0 aromatic rings. The molecule has 0 rings (SSSR count). The van der Waals surface area contributed by atoms with Gasteiger partial charge < -0.3 is 5.73 Å². The SMILES string of the molecule is CCC/C(C)=C\C=C(/N)I. The third kappa shape index (κ3) is 6.13. The molecule has 0 atom stereocenters.